The molecule has 1 aliphatic heterocycles. The molecule has 0 aromatic rings. The Balaban J connectivity index is 2.27. The van der Waals surface area contributed by atoms with Crippen molar-refractivity contribution in [3.8, 4) is 0 Å². The van der Waals surface area contributed by atoms with Gasteiger partial charge in [0.25, 0.3) is 0 Å². The second-order valence-corrected chi connectivity index (χ2v) is 4.05. The van der Waals surface area contributed by atoms with E-state index in [9.17, 15) is 9.59 Å². The van der Waals surface area contributed by atoms with Gasteiger partial charge >= 0.3 is 12.1 Å². The molecular formula is C10H18N2O4. The van der Waals surface area contributed by atoms with Crippen LogP contribution >= 0.6 is 0 Å². The zero-order valence-corrected chi connectivity index (χ0v) is 9.86. The predicted octanol–water partition coefficient (Wildman–Crippen LogP) is -0.164. The molecule has 1 aliphatic rings. The summed E-state index contributed by atoms with van der Waals surface area (Å²) in [4.78, 5) is 23.9. The van der Waals surface area contributed by atoms with Crippen LogP contribution in [0.25, 0.3) is 0 Å². The minimum atomic E-state index is -0.376. The van der Waals surface area contributed by atoms with Gasteiger partial charge in [0.1, 0.15) is 6.10 Å². The van der Waals surface area contributed by atoms with Crippen LogP contribution in [0.2, 0.25) is 0 Å². The van der Waals surface area contributed by atoms with Crippen molar-refractivity contribution in [1.29, 1.82) is 0 Å². The summed E-state index contributed by atoms with van der Waals surface area (Å²) >= 11 is 0. The van der Waals surface area contributed by atoms with Crippen molar-refractivity contribution >= 4 is 12.1 Å². The van der Waals surface area contributed by atoms with Gasteiger partial charge in [0.2, 0.25) is 0 Å². The molecule has 1 rings (SSSR count). The number of carbonyl (C=O) groups excluding carboxylic acids is 2. The molecule has 6 nitrogen and oxygen atoms in total. The second kappa shape index (κ2) is 5.69. The Bertz CT molecular complexity index is 270. The molecule has 92 valence electrons. The Morgan fingerprint density at radius 2 is 2.44 bits per heavy atom. The van der Waals surface area contributed by atoms with Gasteiger partial charge in [0, 0.05) is 13.1 Å². The first-order valence-electron chi connectivity index (χ1n) is 5.23. The summed E-state index contributed by atoms with van der Waals surface area (Å²) in [6, 6.07) is 0. The van der Waals surface area contributed by atoms with Crippen molar-refractivity contribution in [1.82, 2.24) is 10.2 Å². The molecule has 1 N–H and O–H groups in total. The number of carbonyl (C=O) groups is 2. The smallest absolute Gasteiger partial charge is 0.407 e. The summed E-state index contributed by atoms with van der Waals surface area (Å²) in [5.41, 5.74) is 0. The molecule has 1 amide bonds. The third-order valence-corrected chi connectivity index (χ3v) is 2.45. The summed E-state index contributed by atoms with van der Waals surface area (Å²) in [5.74, 6) is -0.409. The number of likely N-dealkylation sites (N-methyl/N-ethyl adjacent to an activating group) is 1. The second-order valence-electron chi connectivity index (χ2n) is 4.05. The summed E-state index contributed by atoms with van der Waals surface area (Å²) in [6.07, 6.45) is -0.512. The third kappa shape index (κ3) is 3.69. The average Bonchev–Trinajstić information content (AvgIpc) is 2.62. The molecule has 0 aliphatic carbocycles. The van der Waals surface area contributed by atoms with E-state index in [4.69, 9.17) is 4.74 Å². The summed E-state index contributed by atoms with van der Waals surface area (Å²) < 4.78 is 9.63. The average molecular weight is 230 g/mol. The highest BCUT2D eigenvalue weighted by molar-refractivity contribution is 5.72. The number of nitrogens with one attached hydrogen (secondary N) is 1. The normalized spacial score (nSPS) is 21.5. The molecule has 1 heterocycles. The van der Waals surface area contributed by atoms with Gasteiger partial charge in [-0.05, 0) is 7.05 Å². The van der Waals surface area contributed by atoms with Crippen LogP contribution in [0.3, 0.4) is 0 Å². The molecule has 1 saturated heterocycles. The molecule has 1 fully saturated rings. The number of ether oxygens (including phenoxy) is 2. The van der Waals surface area contributed by atoms with Crippen molar-refractivity contribution in [3.05, 3.63) is 0 Å². The monoisotopic (exact) mass is 230 g/mol. The van der Waals surface area contributed by atoms with E-state index < -0.39 is 0 Å². The Hall–Kier alpha value is -1.30. The summed E-state index contributed by atoms with van der Waals surface area (Å²) in [6.45, 7) is 3.53. The van der Waals surface area contributed by atoms with Gasteiger partial charge in [-0.2, -0.15) is 0 Å². The highest BCUT2D eigenvalue weighted by Crippen LogP contribution is 2.05. The van der Waals surface area contributed by atoms with Crippen LogP contribution in [0.1, 0.15) is 6.92 Å². The van der Waals surface area contributed by atoms with Crippen LogP contribution in [0.15, 0.2) is 0 Å². The number of hydrogen-bond donors (Lipinski definition) is 1. The maximum atomic E-state index is 11.2. The number of methoxy groups -OCH3 is 1. The van der Waals surface area contributed by atoms with Crippen LogP contribution in [0.5, 0.6) is 0 Å². The van der Waals surface area contributed by atoms with Crippen LogP contribution in [-0.2, 0) is 14.3 Å². The van der Waals surface area contributed by atoms with E-state index >= 15 is 0 Å². The van der Waals surface area contributed by atoms with Crippen molar-refractivity contribution in [2.45, 2.75) is 13.0 Å². The molecule has 0 aromatic heterocycles. The Morgan fingerprint density at radius 1 is 1.75 bits per heavy atom. The van der Waals surface area contributed by atoms with Gasteiger partial charge < -0.3 is 19.7 Å². The first-order valence-corrected chi connectivity index (χ1v) is 5.23. The number of amides is 1. The number of rotatable bonds is 5. The van der Waals surface area contributed by atoms with E-state index in [0.717, 1.165) is 0 Å². The van der Waals surface area contributed by atoms with Crippen molar-refractivity contribution in [2.75, 3.05) is 33.8 Å². The van der Waals surface area contributed by atoms with Crippen LogP contribution < -0.4 is 5.32 Å². The van der Waals surface area contributed by atoms with Crippen molar-refractivity contribution in [3.63, 3.8) is 0 Å². The van der Waals surface area contributed by atoms with E-state index in [1.165, 1.54) is 7.11 Å². The Kier molecular flexibility index (Phi) is 4.54. The van der Waals surface area contributed by atoms with Crippen molar-refractivity contribution < 1.29 is 19.1 Å². The van der Waals surface area contributed by atoms with Crippen LogP contribution in [0, 0.1) is 5.92 Å². The van der Waals surface area contributed by atoms with Crippen molar-refractivity contribution in [2.24, 2.45) is 5.92 Å². The van der Waals surface area contributed by atoms with Crippen LogP contribution in [0.4, 0.5) is 4.79 Å². The molecule has 0 radical (unpaired) electrons. The SMILES string of the molecule is COC(=O)C(C)CN(C)CC1CNC(=O)O1. The lowest BCUT2D eigenvalue weighted by molar-refractivity contribution is -0.145. The lowest BCUT2D eigenvalue weighted by Gasteiger charge is -2.21. The standard InChI is InChI=1S/C10H18N2O4/c1-7(9(13)15-3)5-12(2)6-8-4-11-10(14)16-8/h7-8H,4-6H2,1-3H3,(H,11,14). The molecule has 0 aromatic carbocycles. The maximum Gasteiger partial charge on any atom is 0.407 e. The van der Waals surface area contributed by atoms with E-state index in [1.54, 1.807) is 6.92 Å². The van der Waals surface area contributed by atoms with Gasteiger partial charge in [-0.25, -0.2) is 4.79 Å². The molecule has 2 unspecified atom stereocenters. The third-order valence-electron chi connectivity index (χ3n) is 2.45. The van der Waals surface area contributed by atoms with Gasteiger partial charge in [-0.1, -0.05) is 6.92 Å². The molecule has 0 bridgehead atoms. The number of nitrogens with zero attached hydrogens (tertiary/aromatic N) is 1. The van der Waals surface area contributed by atoms with E-state index in [0.29, 0.717) is 19.6 Å². The fraction of sp³-hybridized carbons (Fsp3) is 0.800. The first-order chi connectivity index (χ1) is 7.52. The summed E-state index contributed by atoms with van der Waals surface area (Å²) in [5, 5.41) is 2.58. The minimum Gasteiger partial charge on any atom is -0.469 e. The number of cyclic esters (lactones) is 1. The Labute approximate surface area is 94.9 Å². The zero-order chi connectivity index (χ0) is 12.1. The van der Waals surface area contributed by atoms with Gasteiger partial charge in [-0.15, -0.1) is 0 Å². The largest absolute Gasteiger partial charge is 0.469 e. The zero-order valence-electron chi connectivity index (χ0n) is 9.86. The lowest BCUT2D eigenvalue weighted by Crippen LogP contribution is -2.36. The number of hydrogen-bond acceptors (Lipinski definition) is 5. The van der Waals surface area contributed by atoms with Gasteiger partial charge in [-0.3, -0.25) is 4.79 Å². The number of esters is 1. The molecular weight excluding hydrogens is 212 g/mol. The highest BCUT2D eigenvalue weighted by Gasteiger charge is 2.25. The molecule has 0 saturated carbocycles. The topological polar surface area (TPSA) is 67.9 Å². The van der Waals surface area contributed by atoms with E-state index in [2.05, 4.69) is 10.1 Å². The van der Waals surface area contributed by atoms with Gasteiger partial charge in [0.15, 0.2) is 0 Å². The van der Waals surface area contributed by atoms with Gasteiger partial charge in [0.05, 0.1) is 19.6 Å². The van der Waals surface area contributed by atoms with Crippen LogP contribution in [-0.4, -0.2) is 56.9 Å². The maximum absolute atomic E-state index is 11.2. The Morgan fingerprint density at radius 3 is 2.94 bits per heavy atom. The fourth-order valence-electron chi connectivity index (χ4n) is 1.70. The summed E-state index contributed by atoms with van der Waals surface area (Å²) in [7, 11) is 3.26. The predicted molar refractivity (Wildman–Crippen MR) is 56.9 cm³/mol. The quantitative estimate of drug-likeness (QED) is 0.664. The molecule has 6 heteroatoms. The lowest BCUT2D eigenvalue weighted by atomic mass is 10.1. The van der Waals surface area contributed by atoms with E-state index in [1.807, 2.05) is 11.9 Å². The fourth-order valence-corrected chi connectivity index (χ4v) is 1.70. The van der Waals surface area contributed by atoms with E-state index in [-0.39, 0.29) is 24.1 Å². The first kappa shape index (κ1) is 12.8. The number of alkyl carbamates (subject to hydrolysis) is 1. The molecule has 16 heavy (non-hydrogen) atoms. The highest BCUT2D eigenvalue weighted by atomic mass is 16.6. The molecule has 0 spiro atoms. The minimum absolute atomic E-state index is 0.137. The molecule has 2 atom stereocenters.